The number of thiocarbonyl (C=S) groups is 1. The van der Waals surface area contributed by atoms with Gasteiger partial charge < -0.3 is 9.67 Å². The summed E-state index contributed by atoms with van der Waals surface area (Å²) in [4.78, 5) is 25.2. The molecule has 1 N–H and O–H groups in total. The molecule has 1 aliphatic rings. The molecule has 0 atom stereocenters. The molecule has 1 saturated heterocycles. The molecule has 0 spiro atoms. The van der Waals surface area contributed by atoms with Crippen LogP contribution in [0, 0.1) is 0 Å². The van der Waals surface area contributed by atoms with E-state index in [0.717, 1.165) is 11.3 Å². The van der Waals surface area contributed by atoms with Crippen LogP contribution in [0.5, 0.6) is 0 Å². The van der Waals surface area contributed by atoms with E-state index in [0.29, 0.717) is 22.2 Å². The minimum Gasteiger partial charge on any atom is -0.481 e. The Labute approximate surface area is 154 Å². The predicted molar refractivity (Wildman–Crippen MR) is 103 cm³/mol. The van der Waals surface area contributed by atoms with Gasteiger partial charge in [-0.2, -0.15) is 0 Å². The van der Waals surface area contributed by atoms with Crippen molar-refractivity contribution in [3.8, 4) is 5.69 Å². The lowest BCUT2D eigenvalue weighted by molar-refractivity contribution is -0.137. The van der Waals surface area contributed by atoms with Crippen LogP contribution in [-0.4, -0.2) is 37.3 Å². The summed E-state index contributed by atoms with van der Waals surface area (Å²) >= 11 is 6.51. The van der Waals surface area contributed by atoms with Gasteiger partial charge >= 0.3 is 5.97 Å². The summed E-state index contributed by atoms with van der Waals surface area (Å²) < 4.78 is 2.47. The van der Waals surface area contributed by atoms with E-state index in [9.17, 15) is 9.59 Å². The smallest absolute Gasteiger partial charge is 0.303 e. The zero-order valence-corrected chi connectivity index (χ0v) is 14.9. The van der Waals surface area contributed by atoms with Crippen molar-refractivity contribution in [1.82, 2.24) is 9.47 Å². The molecule has 1 aromatic carbocycles. The first-order valence-corrected chi connectivity index (χ1v) is 8.97. The van der Waals surface area contributed by atoms with Crippen LogP contribution in [0.3, 0.4) is 0 Å². The highest BCUT2D eigenvalue weighted by atomic mass is 32.2. The van der Waals surface area contributed by atoms with Crippen LogP contribution in [-0.2, 0) is 9.59 Å². The molecule has 1 amide bonds. The number of hydrogen-bond acceptors (Lipinski definition) is 4. The number of hydrogen-bond donors (Lipinski definition) is 1. The Bertz CT molecular complexity index is 844. The Balaban J connectivity index is 1.76. The highest BCUT2D eigenvalue weighted by molar-refractivity contribution is 8.26. The molecule has 1 aliphatic heterocycles. The number of thioether (sulfide) groups is 1. The minimum absolute atomic E-state index is 0.0228. The number of aromatic nitrogens is 1. The Morgan fingerprint density at radius 2 is 2.00 bits per heavy atom. The molecular weight excluding hydrogens is 356 g/mol. The SMILES string of the molecule is O=C(O)CCCN1C(=O)C(=Cc2cccc(-n3cccc3)c2)SC1=S. The molecule has 128 valence electrons. The summed E-state index contributed by atoms with van der Waals surface area (Å²) in [5, 5.41) is 8.72. The van der Waals surface area contributed by atoms with Gasteiger partial charge in [0.1, 0.15) is 4.32 Å². The van der Waals surface area contributed by atoms with Gasteiger partial charge in [-0.3, -0.25) is 14.5 Å². The molecule has 3 rings (SSSR count). The van der Waals surface area contributed by atoms with E-state index in [1.165, 1.54) is 16.7 Å². The lowest BCUT2D eigenvalue weighted by Gasteiger charge is -2.13. The number of benzene rings is 1. The summed E-state index contributed by atoms with van der Waals surface area (Å²) in [7, 11) is 0. The summed E-state index contributed by atoms with van der Waals surface area (Å²) in [5.41, 5.74) is 1.92. The van der Waals surface area contributed by atoms with Gasteiger partial charge in [-0.15, -0.1) is 0 Å². The molecule has 2 heterocycles. The average molecular weight is 372 g/mol. The van der Waals surface area contributed by atoms with Crippen LogP contribution in [0.2, 0.25) is 0 Å². The van der Waals surface area contributed by atoms with Crippen molar-refractivity contribution in [2.24, 2.45) is 0 Å². The van der Waals surface area contributed by atoms with Crippen molar-refractivity contribution < 1.29 is 14.7 Å². The van der Waals surface area contributed by atoms with Gasteiger partial charge in [-0.05, 0) is 42.3 Å². The number of rotatable bonds is 6. The van der Waals surface area contributed by atoms with Crippen LogP contribution in [0.1, 0.15) is 18.4 Å². The van der Waals surface area contributed by atoms with Gasteiger partial charge in [0.25, 0.3) is 5.91 Å². The zero-order chi connectivity index (χ0) is 17.8. The van der Waals surface area contributed by atoms with E-state index in [4.69, 9.17) is 17.3 Å². The second kappa shape index (κ2) is 7.67. The van der Waals surface area contributed by atoms with Crippen molar-refractivity contribution in [2.75, 3.05) is 6.54 Å². The zero-order valence-electron chi connectivity index (χ0n) is 13.3. The van der Waals surface area contributed by atoms with E-state index in [1.807, 2.05) is 59.4 Å². The second-order valence-electron chi connectivity index (χ2n) is 5.52. The van der Waals surface area contributed by atoms with E-state index < -0.39 is 5.97 Å². The lowest BCUT2D eigenvalue weighted by atomic mass is 10.2. The first-order valence-electron chi connectivity index (χ1n) is 7.75. The first kappa shape index (κ1) is 17.4. The Hall–Kier alpha value is -2.38. The molecule has 1 aromatic heterocycles. The molecule has 0 unspecified atom stereocenters. The fraction of sp³-hybridized carbons (Fsp3) is 0.167. The molecular formula is C18H16N2O3S2. The Morgan fingerprint density at radius 1 is 1.24 bits per heavy atom. The van der Waals surface area contributed by atoms with E-state index in [1.54, 1.807) is 0 Å². The van der Waals surface area contributed by atoms with Gasteiger partial charge in [-0.1, -0.05) is 36.1 Å². The number of carbonyl (C=O) groups excluding carboxylic acids is 1. The monoisotopic (exact) mass is 372 g/mol. The fourth-order valence-electron chi connectivity index (χ4n) is 2.51. The standard InChI is InChI=1S/C18H16N2O3S2/c21-16(22)7-4-10-20-17(23)15(25-18(20)24)12-13-5-3-6-14(11-13)19-8-1-2-9-19/h1-3,5-6,8-9,11-12H,4,7,10H2,(H,21,22). The van der Waals surface area contributed by atoms with Gasteiger partial charge in [0.15, 0.2) is 0 Å². The van der Waals surface area contributed by atoms with Gasteiger partial charge in [-0.25, -0.2) is 0 Å². The van der Waals surface area contributed by atoms with Crippen LogP contribution in [0.4, 0.5) is 0 Å². The largest absolute Gasteiger partial charge is 0.481 e. The lowest BCUT2D eigenvalue weighted by Crippen LogP contribution is -2.29. The maximum atomic E-state index is 12.5. The minimum atomic E-state index is -0.872. The third-order valence-electron chi connectivity index (χ3n) is 3.72. The number of carboxylic acids is 1. The Kier molecular flexibility index (Phi) is 5.35. The molecule has 25 heavy (non-hydrogen) atoms. The Morgan fingerprint density at radius 3 is 2.72 bits per heavy atom. The first-order chi connectivity index (χ1) is 12.0. The van der Waals surface area contributed by atoms with Crippen molar-refractivity contribution >= 4 is 46.3 Å². The third kappa shape index (κ3) is 4.18. The third-order valence-corrected chi connectivity index (χ3v) is 5.09. The van der Waals surface area contributed by atoms with E-state index in [-0.39, 0.29) is 12.3 Å². The summed E-state index contributed by atoms with van der Waals surface area (Å²) in [5.74, 6) is -1.03. The second-order valence-corrected chi connectivity index (χ2v) is 7.19. The molecule has 5 nitrogen and oxygen atoms in total. The van der Waals surface area contributed by atoms with Crippen molar-refractivity contribution in [3.05, 3.63) is 59.3 Å². The van der Waals surface area contributed by atoms with Gasteiger partial charge in [0, 0.05) is 31.0 Å². The van der Waals surface area contributed by atoms with Gasteiger partial charge in [0.2, 0.25) is 0 Å². The highest BCUT2D eigenvalue weighted by Gasteiger charge is 2.31. The maximum Gasteiger partial charge on any atom is 0.303 e. The number of amides is 1. The number of carboxylic acid groups (broad SMARTS) is 1. The van der Waals surface area contributed by atoms with E-state index in [2.05, 4.69) is 0 Å². The van der Waals surface area contributed by atoms with Gasteiger partial charge in [0.05, 0.1) is 4.91 Å². The van der Waals surface area contributed by atoms with E-state index >= 15 is 0 Å². The quantitative estimate of drug-likeness (QED) is 0.621. The predicted octanol–water partition coefficient (Wildman–Crippen LogP) is 3.54. The van der Waals surface area contributed by atoms with Crippen molar-refractivity contribution in [3.63, 3.8) is 0 Å². The number of carbonyl (C=O) groups is 2. The molecule has 0 saturated carbocycles. The number of nitrogens with zero attached hydrogens (tertiary/aromatic N) is 2. The molecule has 0 radical (unpaired) electrons. The van der Waals surface area contributed by atoms with Crippen LogP contribution in [0.15, 0.2) is 53.7 Å². The molecule has 1 fully saturated rings. The van der Waals surface area contributed by atoms with Crippen LogP contribution < -0.4 is 0 Å². The van der Waals surface area contributed by atoms with Crippen molar-refractivity contribution in [1.29, 1.82) is 0 Å². The van der Waals surface area contributed by atoms with Crippen LogP contribution in [0.25, 0.3) is 11.8 Å². The fourth-order valence-corrected chi connectivity index (χ4v) is 3.82. The van der Waals surface area contributed by atoms with Crippen molar-refractivity contribution in [2.45, 2.75) is 12.8 Å². The van der Waals surface area contributed by atoms with Crippen LogP contribution >= 0.6 is 24.0 Å². The molecule has 0 bridgehead atoms. The normalized spacial score (nSPS) is 16.0. The molecule has 7 heteroatoms. The topological polar surface area (TPSA) is 62.5 Å². The maximum absolute atomic E-state index is 12.5. The highest BCUT2D eigenvalue weighted by Crippen LogP contribution is 2.32. The summed E-state index contributed by atoms with van der Waals surface area (Å²) in [6.45, 7) is 0.331. The average Bonchev–Trinajstić information content (AvgIpc) is 3.19. The summed E-state index contributed by atoms with van der Waals surface area (Å²) in [6, 6.07) is 11.8. The summed E-state index contributed by atoms with van der Waals surface area (Å²) in [6.07, 6.45) is 6.15. The molecule has 2 aromatic rings. The number of aliphatic carboxylic acids is 1. The molecule has 0 aliphatic carbocycles.